The van der Waals surface area contributed by atoms with Crippen LogP contribution in [0.4, 0.5) is 11.4 Å². The second-order valence-corrected chi connectivity index (χ2v) is 7.00. The molecule has 0 spiro atoms. The SMILES string of the molecule is O=C(Nc1cnccc1N1CCNCC1)c1ccnc(-c2cc3ccccc3o2)n1. The number of benzene rings is 1. The third-order valence-electron chi connectivity index (χ3n) is 5.04. The first-order chi connectivity index (χ1) is 14.8. The molecule has 1 fully saturated rings. The van der Waals surface area contributed by atoms with Gasteiger partial charge in [0.1, 0.15) is 11.3 Å². The molecule has 2 N–H and O–H groups in total. The van der Waals surface area contributed by atoms with Crippen LogP contribution in [0.1, 0.15) is 10.5 Å². The highest BCUT2D eigenvalue weighted by atomic mass is 16.3. The molecule has 0 saturated carbocycles. The van der Waals surface area contributed by atoms with E-state index in [0.29, 0.717) is 17.3 Å². The second-order valence-electron chi connectivity index (χ2n) is 7.00. The van der Waals surface area contributed by atoms with Gasteiger partial charge in [-0.15, -0.1) is 0 Å². The van der Waals surface area contributed by atoms with E-state index in [9.17, 15) is 4.79 Å². The molecule has 4 heterocycles. The smallest absolute Gasteiger partial charge is 0.274 e. The summed E-state index contributed by atoms with van der Waals surface area (Å²) in [5.74, 6) is 0.570. The molecule has 1 aliphatic heterocycles. The summed E-state index contributed by atoms with van der Waals surface area (Å²) in [4.78, 5) is 28.0. The van der Waals surface area contributed by atoms with Crippen molar-refractivity contribution in [2.24, 2.45) is 0 Å². The number of furan rings is 1. The lowest BCUT2D eigenvalue weighted by Gasteiger charge is -2.30. The lowest BCUT2D eigenvalue weighted by Crippen LogP contribution is -2.43. The van der Waals surface area contributed by atoms with E-state index in [0.717, 1.165) is 42.8 Å². The van der Waals surface area contributed by atoms with Crippen LogP contribution in [0.2, 0.25) is 0 Å². The van der Waals surface area contributed by atoms with Crippen molar-refractivity contribution in [2.75, 3.05) is 36.4 Å². The van der Waals surface area contributed by atoms with Gasteiger partial charge >= 0.3 is 0 Å². The molecule has 150 valence electrons. The van der Waals surface area contributed by atoms with Crippen molar-refractivity contribution < 1.29 is 9.21 Å². The molecule has 30 heavy (non-hydrogen) atoms. The van der Waals surface area contributed by atoms with Crippen LogP contribution >= 0.6 is 0 Å². The normalized spacial score (nSPS) is 14.1. The largest absolute Gasteiger partial charge is 0.453 e. The fourth-order valence-electron chi connectivity index (χ4n) is 3.55. The van der Waals surface area contributed by atoms with Crippen molar-refractivity contribution >= 4 is 28.3 Å². The Bertz CT molecular complexity index is 1170. The molecular weight excluding hydrogens is 380 g/mol. The van der Waals surface area contributed by atoms with E-state index in [-0.39, 0.29) is 11.6 Å². The number of hydrogen-bond donors (Lipinski definition) is 2. The second kappa shape index (κ2) is 7.92. The number of carbonyl (C=O) groups is 1. The van der Waals surface area contributed by atoms with E-state index >= 15 is 0 Å². The summed E-state index contributed by atoms with van der Waals surface area (Å²) in [7, 11) is 0. The summed E-state index contributed by atoms with van der Waals surface area (Å²) in [5, 5.41) is 7.24. The van der Waals surface area contributed by atoms with Crippen LogP contribution in [0, 0.1) is 0 Å². The fourth-order valence-corrected chi connectivity index (χ4v) is 3.55. The van der Waals surface area contributed by atoms with E-state index < -0.39 is 0 Å². The standard InChI is InChI=1S/C22H20N6O2/c29-22(27-17-14-24-7-6-18(17)28-11-9-23-10-12-28)16-5-8-25-21(26-16)20-13-15-3-1-2-4-19(15)30-20/h1-8,13-14,23H,9-12H2,(H,27,29). The Labute approximate surface area is 173 Å². The molecule has 1 saturated heterocycles. The highest BCUT2D eigenvalue weighted by Gasteiger charge is 2.18. The zero-order valence-corrected chi connectivity index (χ0v) is 16.2. The average Bonchev–Trinajstić information content (AvgIpc) is 3.25. The van der Waals surface area contributed by atoms with Gasteiger partial charge in [0.25, 0.3) is 5.91 Å². The molecule has 8 nitrogen and oxygen atoms in total. The minimum atomic E-state index is -0.320. The number of aromatic nitrogens is 3. The number of rotatable bonds is 4. The fraction of sp³-hybridized carbons (Fsp3) is 0.182. The number of amides is 1. The van der Waals surface area contributed by atoms with E-state index in [4.69, 9.17) is 4.42 Å². The van der Waals surface area contributed by atoms with Gasteiger partial charge in [-0.2, -0.15) is 0 Å². The summed E-state index contributed by atoms with van der Waals surface area (Å²) in [6, 6.07) is 13.1. The number of nitrogens with one attached hydrogen (secondary N) is 2. The molecule has 8 heteroatoms. The number of carbonyl (C=O) groups excluding carboxylic acids is 1. The van der Waals surface area contributed by atoms with Gasteiger partial charge in [0, 0.05) is 44.0 Å². The maximum Gasteiger partial charge on any atom is 0.274 e. The molecule has 5 rings (SSSR count). The third-order valence-corrected chi connectivity index (χ3v) is 5.04. The van der Waals surface area contributed by atoms with Crippen LogP contribution in [0.3, 0.4) is 0 Å². The van der Waals surface area contributed by atoms with Crippen molar-refractivity contribution in [1.29, 1.82) is 0 Å². The summed E-state index contributed by atoms with van der Waals surface area (Å²) < 4.78 is 5.83. The highest BCUT2D eigenvalue weighted by Crippen LogP contribution is 2.27. The maximum absolute atomic E-state index is 12.9. The van der Waals surface area contributed by atoms with Gasteiger partial charge in [0.05, 0.1) is 17.6 Å². The zero-order valence-electron chi connectivity index (χ0n) is 16.2. The topological polar surface area (TPSA) is 96.2 Å². The number of nitrogens with zero attached hydrogens (tertiary/aromatic N) is 4. The van der Waals surface area contributed by atoms with Crippen LogP contribution in [0.15, 0.2) is 65.5 Å². The first kappa shape index (κ1) is 18.3. The van der Waals surface area contributed by atoms with Crippen LogP contribution < -0.4 is 15.5 Å². The Morgan fingerprint density at radius 3 is 2.83 bits per heavy atom. The molecule has 0 aliphatic carbocycles. The molecule has 1 aliphatic rings. The predicted octanol–water partition coefficient (Wildman–Crippen LogP) is 2.95. The van der Waals surface area contributed by atoms with Gasteiger partial charge in [0.15, 0.2) is 11.6 Å². The van der Waals surface area contributed by atoms with E-state index in [1.54, 1.807) is 24.7 Å². The molecule has 0 unspecified atom stereocenters. The van der Waals surface area contributed by atoms with Crippen molar-refractivity contribution in [1.82, 2.24) is 20.3 Å². The average molecular weight is 400 g/mol. The molecule has 1 amide bonds. The Morgan fingerprint density at radius 2 is 1.97 bits per heavy atom. The first-order valence-corrected chi connectivity index (χ1v) is 9.81. The van der Waals surface area contributed by atoms with Gasteiger partial charge in [-0.05, 0) is 24.3 Å². The van der Waals surface area contributed by atoms with Gasteiger partial charge < -0.3 is 20.0 Å². The quantitative estimate of drug-likeness (QED) is 0.544. The molecule has 0 atom stereocenters. The summed E-state index contributed by atoms with van der Waals surface area (Å²) >= 11 is 0. The Kier molecular flexibility index (Phi) is 4.82. The van der Waals surface area contributed by atoms with Gasteiger partial charge in [0.2, 0.25) is 0 Å². The predicted molar refractivity (Wildman–Crippen MR) is 115 cm³/mol. The number of anilines is 2. The van der Waals surface area contributed by atoms with Crippen molar-refractivity contribution in [3.63, 3.8) is 0 Å². The van der Waals surface area contributed by atoms with Gasteiger partial charge in [-0.3, -0.25) is 9.78 Å². The van der Waals surface area contributed by atoms with E-state index in [1.807, 2.05) is 36.4 Å². The van der Waals surface area contributed by atoms with Crippen molar-refractivity contribution in [3.05, 3.63) is 66.7 Å². The van der Waals surface area contributed by atoms with Crippen LogP contribution in [0.25, 0.3) is 22.6 Å². The molecule has 0 radical (unpaired) electrons. The minimum absolute atomic E-state index is 0.260. The molecule has 0 bridgehead atoms. The summed E-state index contributed by atoms with van der Waals surface area (Å²) in [6.07, 6.45) is 4.96. The number of hydrogen-bond acceptors (Lipinski definition) is 7. The Morgan fingerprint density at radius 1 is 1.10 bits per heavy atom. The number of pyridine rings is 1. The number of fused-ring (bicyclic) bond motifs is 1. The highest BCUT2D eigenvalue weighted by molar-refractivity contribution is 6.04. The van der Waals surface area contributed by atoms with Crippen molar-refractivity contribution in [3.8, 4) is 11.6 Å². The molecule has 3 aromatic heterocycles. The Hall–Kier alpha value is -3.78. The minimum Gasteiger partial charge on any atom is -0.453 e. The monoisotopic (exact) mass is 400 g/mol. The first-order valence-electron chi connectivity index (χ1n) is 9.81. The van der Waals surface area contributed by atoms with Crippen LogP contribution in [-0.4, -0.2) is 47.0 Å². The third kappa shape index (κ3) is 3.60. The molecular formula is C22H20N6O2. The lowest BCUT2D eigenvalue weighted by atomic mass is 10.2. The van der Waals surface area contributed by atoms with E-state index in [2.05, 4.69) is 30.5 Å². The van der Waals surface area contributed by atoms with Crippen LogP contribution in [0.5, 0.6) is 0 Å². The zero-order chi connectivity index (χ0) is 20.3. The molecule has 4 aromatic rings. The van der Waals surface area contributed by atoms with Crippen LogP contribution in [-0.2, 0) is 0 Å². The molecule has 1 aromatic carbocycles. The van der Waals surface area contributed by atoms with Gasteiger partial charge in [-0.1, -0.05) is 18.2 Å². The summed E-state index contributed by atoms with van der Waals surface area (Å²) in [6.45, 7) is 3.55. The Balaban J connectivity index is 1.40. The lowest BCUT2D eigenvalue weighted by molar-refractivity contribution is 0.102. The van der Waals surface area contributed by atoms with E-state index in [1.165, 1.54) is 0 Å². The maximum atomic E-state index is 12.9. The van der Waals surface area contributed by atoms with Gasteiger partial charge in [-0.25, -0.2) is 9.97 Å². The summed E-state index contributed by atoms with van der Waals surface area (Å²) in [5.41, 5.74) is 2.62. The van der Waals surface area contributed by atoms with Crippen molar-refractivity contribution in [2.45, 2.75) is 0 Å². The number of para-hydroxylation sites is 1. The number of piperazine rings is 1.